The van der Waals surface area contributed by atoms with Crippen LogP contribution in [-0.2, 0) is 11.2 Å². The molecule has 0 heterocycles. The first-order valence-electron chi connectivity index (χ1n) is 5.89. The highest BCUT2D eigenvalue weighted by Crippen LogP contribution is 2.24. The highest BCUT2D eigenvalue weighted by atomic mass is 35.5. The number of hydrogen-bond acceptors (Lipinski definition) is 2. The number of carbonyl (C=O) groups is 1. The maximum absolute atomic E-state index is 11.6. The van der Waals surface area contributed by atoms with E-state index >= 15 is 0 Å². The molecule has 0 fully saturated rings. The summed E-state index contributed by atoms with van der Waals surface area (Å²) in [6.45, 7) is 4.30. The lowest BCUT2D eigenvalue weighted by molar-refractivity contribution is -0.123. The van der Waals surface area contributed by atoms with Crippen LogP contribution >= 0.6 is 23.2 Å². The number of benzene rings is 1. The minimum absolute atomic E-state index is 0.119. The highest BCUT2D eigenvalue weighted by molar-refractivity contribution is 6.35. The van der Waals surface area contributed by atoms with Gasteiger partial charge in [-0.3, -0.25) is 4.79 Å². The molecule has 18 heavy (non-hydrogen) atoms. The third-order valence-corrected chi connectivity index (χ3v) is 3.47. The summed E-state index contributed by atoms with van der Waals surface area (Å²) in [6.07, 6.45) is 0.592. The molecule has 0 saturated heterocycles. The second-order valence-corrected chi connectivity index (χ2v) is 5.33. The molecule has 0 aliphatic carbocycles. The van der Waals surface area contributed by atoms with Gasteiger partial charge >= 0.3 is 0 Å². The first kappa shape index (κ1) is 15.3. The van der Waals surface area contributed by atoms with E-state index < -0.39 is 6.04 Å². The number of rotatable bonds is 5. The molecule has 1 rings (SSSR count). The highest BCUT2D eigenvalue weighted by Gasteiger charge is 2.16. The monoisotopic (exact) mass is 288 g/mol. The van der Waals surface area contributed by atoms with Crippen molar-refractivity contribution in [2.75, 3.05) is 6.54 Å². The molecule has 1 aromatic rings. The average molecular weight is 289 g/mol. The summed E-state index contributed by atoms with van der Waals surface area (Å²) in [6, 6.07) is 4.88. The van der Waals surface area contributed by atoms with Crippen molar-refractivity contribution < 1.29 is 4.79 Å². The van der Waals surface area contributed by atoms with Gasteiger partial charge in [0.05, 0.1) is 6.04 Å². The van der Waals surface area contributed by atoms with Crippen molar-refractivity contribution in [2.24, 2.45) is 11.7 Å². The van der Waals surface area contributed by atoms with Gasteiger partial charge in [-0.2, -0.15) is 0 Å². The second kappa shape index (κ2) is 6.98. The van der Waals surface area contributed by atoms with Gasteiger partial charge in [-0.25, -0.2) is 0 Å². The first-order chi connectivity index (χ1) is 8.43. The smallest absolute Gasteiger partial charge is 0.237 e. The summed E-state index contributed by atoms with van der Waals surface area (Å²) in [4.78, 5) is 11.6. The van der Waals surface area contributed by atoms with Crippen LogP contribution in [0.1, 0.15) is 19.4 Å². The minimum Gasteiger partial charge on any atom is -0.354 e. The summed E-state index contributed by atoms with van der Waals surface area (Å²) < 4.78 is 0. The molecule has 3 N–H and O–H groups in total. The van der Waals surface area contributed by atoms with Crippen molar-refractivity contribution in [3.63, 3.8) is 0 Å². The Morgan fingerprint density at radius 3 is 2.39 bits per heavy atom. The average Bonchev–Trinajstić information content (AvgIpc) is 2.31. The molecular weight excluding hydrogens is 271 g/mol. The van der Waals surface area contributed by atoms with E-state index in [1.807, 2.05) is 13.8 Å². The van der Waals surface area contributed by atoms with Gasteiger partial charge in [0, 0.05) is 16.6 Å². The largest absolute Gasteiger partial charge is 0.354 e. The van der Waals surface area contributed by atoms with E-state index in [0.29, 0.717) is 23.0 Å². The van der Waals surface area contributed by atoms with E-state index in [2.05, 4.69) is 5.32 Å². The van der Waals surface area contributed by atoms with Crippen molar-refractivity contribution >= 4 is 29.1 Å². The van der Waals surface area contributed by atoms with Crippen LogP contribution in [0.25, 0.3) is 0 Å². The molecule has 1 aromatic carbocycles. The van der Waals surface area contributed by atoms with Gasteiger partial charge in [0.15, 0.2) is 0 Å². The second-order valence-electron chi connectivity index (χ2n) is 4.51. The predicted octanol–water partition coefficient (Wildman–Crippen LogP) is 2.64. The van der Waals surface area contributed by atoms with E-state index in [1.165, 1.54) is 0 Å². The molecule has 100 valence electrons. The third kappa shape index (κ3) is 4.16. The lowest BCUT2D eigenvalue weighted by atomic mass is 10.0. The molecule has 3 nitrogen and oxygen atoms in total. The van der Waals surface area contributed by atoms with Gasteiger partial charge in [-0.05, 0) is 30.0 Å². The van der Waals surface area contributed by atoms with Gasteiger partial charge < -0.3 is 11.1 Å². The molecule has 0 radical (unpaired) electrons. The minimum atomic E-state index is -0.480. The fourth-order valence-electron chi connectivity index (χ4n) is 1.50. The van der Waals surface area contributed by atoms with Crippen LogP contribution in [0.4, 0.5) is 0 Å². The van der Waals surface area contributed by atoms with E-state index in [-0.39, 0.29) is 11.8 Å². The Morgan fingerprint density at radius 1 is 1.33 bits per heavy atom. The number of amides is 1. The summed E-state index contributed by atoms with van der Waals surface area (Å²) >= 11 is 12.1. The molecule has 0 aromatic heterocycles. The predicted molar refractivity (Wildman–Crippen MR) is 76.0 cm³/mol. The zero-order valence-corrected chi connectivity index (χ0v) is 12.1. The van der Waals surface area contributed by atoms with Crippen molar-refractivity contribution in [1.82, 2.24) is 5.32 Å². The zero-order chi connectivity index (χ0) is 13.7. The Bertz CT molecular complexity index is 401. The van der Waals surface area contributed by atoms with Crippen LogP contribution < -0.4 is 11.1 Å². The van der Waals surface area contributed by atoms with Crippen molar-refractivity contribution in [1.29, 1.82) is 0 Å². The van der Waals surface area contributed by atoms with Gasteiger partial charge in [0.2, 0.25) is 5.91 Å². The molecular formula is C13H18Cl2N2O. The summed E-state index contributed by atoms with van der Waals surface area (Å²) in [5.41, 5.74) is 6.58. The lowest BCUT2D eigenvalue weighted by Crippen LogP contribution is -2.44. The molecule has 0 saturated carbocycles. The summed E-state index contributed by atoms with van der Waals surface area (Å²) in [5, 5.41) is 4.02. The van der Waals surface area contributed by atoms with E-state index in [9.17, 15) is 4.79 Å². The van der Waals surface area contributed by atoms with Crippen LogP contribution in [0.2, 0.25) is 10.0 Å². The number of carbonyl (C=O) groups excluding carboxylic acids is 1. The number of halogens is 2. The van der Waals surface area contributed by atoms with E-state index in [4.69, 9.17) is 28.9 Å². The Hall–Kier alpha value is -0.770. The van der Waals surface area contributed by atoms with Crippen LogP contribution in [0.3, 0.4) is 0 Å². The molecule has 1 atom stereocenters. The van der Waals surface area contributed by atoms with Crippen LogP contribution in [0.5, 0.6) is 0 Å². The normalized spacial score (nSPS) is 12.6. The number of nitrogens with two attached hydrogens (primary N) is 1. The van der Waals surface area contributed by atoms with Crippen molar-refractivity contribution in [3.8, 4) is 0 Å². The van der Waals surface area contributed by atoms with Gasteiger partial charge in [0.1, 0.15) is 0 Å². The maximum Gasteiger partial charge on any atom is 0.237 e. The van der Waals surface area contributed by atoms with Crippen LogP contribution in [0, 0.1) is 5.92 Å². The van der Waals surface area contributed by atoms with Gasteiger partial charge in [0.25, 0.3) is 0 Å². The Labute approximate surface area is 118 Å². The number of hydrogen-bond donors (Lipinski definition) is 2. The SMILES string of the molecule is CC(C)[C@H](N)C(=O)NCCc1c(Cl)cccc1Cl. The fourth-order valence-corrected chi connectivity index (χ4v) is 2.09. The molecule has 0 spiro atoms. The standard InChI is InChI=1S/C13H18Cl2N2O/c1-8(2)12(16)13(18)17-7-6-9-10(14)4-3-5-11(9)15/h3-5,8,12H,6-7,16H2,1-2H3,(H,17,18)/t12-/m0/s1. The Morgan fingerprint density at radius 2 is 1.89 bits per heavy atom. The van der Waals surface area contributed by atoms with Crippen LogP contribution in [0.15, 0.2) is 18.2 Å². The summed E-state index contributed by atoms with van der Waals surface area (Å²) in [5.74, 6) is -0.0259. The third-order valence-electron chi connectivity index (χ3n) is 2.76. The lowest BCUT2D eigenvalue weighted by Gasteiger charge is -2.15. The fraction of sp³-hybridized carbons (Fsp3) is 0.462. The first-order valence-corrected chi connectivity index (χ1v) is 6.65. The Kier molecular flexibility index (Phi) is 5.93. The molecule has 0 unspecified atom stereocenters. The quantitative estimate of drug-likeness (QED) is 0.875. The maximum atomic E-state index is 11.6. The number of nitrogens with one attached hydrogen (secondary N) is 1. The zero-order valence-electron chi connectivity index (χ0n) is 10.5. The van der Waals surface area contributed by atoms with E-state index in [1.54, 1.807) is 18.2 Å². The molecule has 5 heteroatoms. The van der Waals surface area contributed by atoms with Crippen molar-refractivity contribution in [2.45, 2.75) is 26.3 Å². The van der Waals surface area contributed by atoms with Gasteiger partial charge in [-0.1, -0.05) is 43.1 Å². The topological polar surface area (TPSA) is 55.1 Å². The van der Waals surface area contributed by atoms with Gasteiger partial charge in [-0.15, -0.1) is 0 Å². The van der Waals surface area contributed by atoms with E-state index in [0.717, 1.165) is 5.56 Å². The molecule has 0 bridgehead atoms. The van der Waals surface area contributed by atoms with Crippen molar-refractivity contribution in [3.05, 3.63) is 33.8 Å². The Balaban J connectivity index is 2.50. The summed E-state index contributed by atoms with van der Waals surface area (Å²) in [7, 11) is 0. The molecule has 0 aliphatic rings. The molecule has 1 amide bonds. The molecule has 0 aliphatic heterocycles. The van der Waals surface area contributed by atoms with Crippen LogP contribution in [-0.4, -0.2) is 18.5 Å².